The quantitative estimate of drug-likeness (QED) is 0.311. The topological polar surface area (TPSA) is 86.7 Å². The summed E-state index contributed by atoms with van der Waals surface area (Å²) in [4.78, 5) is 0.151. The molecule has 0 saturated carbocycles. The van der Waals surface area contributed by atoms with Gasteiger partial charge >= 0.3 is 20.2 Å². The zero-order chi connectivity index (χ0) is 23.5. The largest absolute Gasteiger partial charge is 0.378 e. The SMILES string of the molecule is O=S1(=O)Oc2ccc3ccc4c(c3c2/C=C\c2ccccc21)/C=C\c1ccccc1S(=O)(=O)O4. The number of fused-ring (bicyclic) bond motifs is 7. The summed E-state index contributed by atoms with van der Waals surface area (Å²) in [5.41, 5.74) is 2.00. The molecule has 0 fully saturated rings. The molecule has 0 atom stereocenters. The van der Waals surface area contributed by atoms with E-state index in [-0.39, 0.29) is 21.3 Å². The lowest BCUT2D eigenvalue weighted by Crippen LogP contribution is -2.14. The molecule has 0 aliphatic carbocycles. The molecule has 0 spiro atoms. The summed E-state index contributed by atoms with van der Waals surface area (Å²) >= 11 is 0. The number of hydrogen-bond donors (Lipinski definition) is 0. The second-order valence-electron chi connectivity index (χ2n) is 7.87. The fraction of sp³-hybridized carbons (Fsp3) is 0. The van der Waals surface area contributed by atoms with E-state index in [9.17, 15) is 16.8 Å². The molecule has 0 unspecified atom stereocenters. The van der Waals surface area contributed by atoms with Gasteiger partial charge in [0.25, 0.3) is 0 Å². The third-order valence-electron chi connectivity index (χ3n) is 5.82. The minimum atomic E-state index is -4.07. The molecule has 2 heterocycles. The van der Waals surface area contributed by atoms with Crippen LogP contribution in [0, 0.1) is 0 Å². The number of rotatable bonds is 0. The molecule has 0 radical (unpaired) electrons. The molecule has 4 aromatic carbocycles. The molecular formula is C26H16O6S2. The first-order valence-corrected chi connectivity index (χ1v) is 13.2. The van der Waals surface area contributed by atoms with Crippen LogP contribution in [-0.2, 0) is 20.2 Å². The van der Waals surface area contributed by atoms with Gasteiger partial charge in [-0.3, -0.25) is 0 Å². The average Bonchev–Trinajstić information content (AvgIpc) is 2.81. The molecular weight excluding hydrogens is 472 g/mol. The molecule has 4 aromatic rings. The third kappa shape index (κ3) is 3.22. The average molecular weight is 489 g/mol. The molecule has 6 rings (SSSR count). The highest BCUT2D eigenvalue weighted by atomic mass is 32.2. The molecule has 2 aliphatic heterocycles. The van der Waals surface area contributed by atoms with Crippen molar-refractivity contribution in [1.82, 2.24) is 0 Å². The Kier molecular flexibility index (Phi) is 4.45. The van der Waals surface area contributed by atoms with E-state index in [2.05, 4.69) is 0 Å². The molecule has 0 amide bonds. The second-order valence-corrected chi connectivity index (χ2v) is 10.9. The van der Waals surface area contributed by atoms with Crippen LogP contribution in [0.2, 0.25) is 0 Å². The highest BCUT2D eigenvalue weighted by Gasteiger charge is 2.27. The second kappa shape index (κ2) is 7.31. The van der Waals surface area contributed by atoms with E-state index in [1.807, 2.05) is 0 Å². The Morgan fingerprint density at radius 3 is 1.41 bits per heavy atom. The lowest BCUT2D eigenvalue weighted by atomic mass is 9.96. The Hall–Kier alpha value is -3.88. The van der Waals surface area contributed by atoms with Gasteiger partial charge in [0.05, 0.1) is 0 Å². The molecule has 0 saturated heterocycles. The van der Waals surface area contributed by atoms with E-state index in [4.69, 9.17) is 8.37 Å². The molecule has 34 heavy (non-hydrogen) atoms. The van der Waals surface area contributed by atoms with Gasteiger partial charge in [0.1, 0.15) is 9.79 Å². The third-order valence-corrected chi connectivity index (χ3v) is 8.44. The fourth-order valence-corrected chi connectivity index (χ4v) is 6.56. The Bertz CT molecular complexity index is 1650. The van der Waals surface area contributed by atoms with E-state index >= 15 is 0 Å². The molecule has 2 aliphatic rings. The molecule has 0 N–H and O–H groups in total. The summed E-state index contributed by atoms with van der Waals surface area (Å²) < 4.78 is 63.0. The normalized spacial score (nSPS) is 18.7. The van der Waals surface area contributed by atoms with Crippen LogP contribution in [-0.4, -0.2) is 16.8 Å². The summed E-state index contributed by atoms with van der Waals surface area (Å²) in [6.45, 7) is 0. The van der Waals surface area contributed by atoms with Crippen molar-refractivity contribution < 1.29 is 25.2 Å². The lowest BCUT2D eigenvalue weighted by Gasteiger charge is -2.19. The van der Waals surface area contributed by atoms with Crippen molar-refractivity contribution in [2.45, 2.75) is 9.79 Å². The highest BCUT2D eigenvalue weighted by molar-refractivity contribution is 7.87. The first-order chi connectivity index (χ1) is 16.3. The van der Waals surface area contributed by atoms with Crippen LogP contribution in [0.25, 0.3) is 35.1 Å². The molecule has 0 aromatic heterocycles. The van der Waals surface area contributed by atoms with Crippen molar-refractivity contribution in [3.05, 3.63) is 95.1 Å². The maximum Gasteiger partial charge on any atom is 0.339 e. The van der Waals surface area contributed by atoms with Crippen LogP contribution >= 0.6 is 0 Å². The molecule has 6 nitrogen and oxygen atoms in total. The van der Waals surface area contributed by atoms with Crippen LogP contribution in [0.4, 0.5) is 0 Å². The van der Waals surface area contributed by atoms with Crippen LogP contribution in [0.1, 0.15) is 22.3 Å². The van der Waals surface area contributed by atoms with Gasteiger partial charge in [0.2, 0.25) is 0 Å². The van der Waals surface area contributed by atoms with Gasteiger partial charge in [-0.2, -0.15) is 16.8 Å². The zero-order valence-corrected chi connectivity index (χ0v) is 19.1. The van der Waals surface area contributed by atoms with Gasteiger partial charge < -0.3 is 8.37 Å². The smallest absolute Gasteiger partial charge is 0.339 e. The van der Waals surface area contributed by atoms with Crippen molar-refractivity contribution in [2.24, 2.45) is 0 Å². The van der Waals surface area contributed by atoms with Gasteiger partial charge in [0, 0.05) is 16.5 Å². The summed E-state index contributed by atoms with van der Waals surface area (Å²) in [5, 5.41) is 1.39. The molecule has 168 valence electrons. The van der Waals surface area contributed by atoms with Gasteiger partial charge in [-0.25, -0.2) is 0 Å². The Morgan fingerprint density at radius 2 is 0.941 bits per heavy atom. The van der Waals surface area contributed by atoms with Gasteiger partial charge in [-0.05, 0) is 52.9 Å². The molecule has 8 heteroatoms. The number of benzene rings is 4. The lowest BCUT2D eigenvalue weighted by molar-refractivity contribution is 0.484. The fourth-order valence-electron chi connectivity index (χ4n) is 4.28. The van der Waals surface area contributed by atoms with Crippen molar-refractivity contribution in [3.63, 3.8) is 0 Å². The predicted molar refractivity (Wildman–Crippen MR) is 130 cm³/mol. The Morgan fingerprint density at radius 1 is 0.500 bits per heavy atom. The van der Waals surface area contributed by atoms with Crippen molar-refractivity contribution in [3.8, 4) is 11.5 Å². The summed E-state index contributed by atoms with van der Waals surface area (Å²) in [7, 11) is -8.15. The maximum absolute atomic E-state index is 13.0. The Balaban J connectivity index is 1.67. The first kappa shape index (κ1) is 20.7. The van der Waals surface area contributed by atoms with Gasteiger partial charge in [0.15, 0.2) is 11.5 Å². The first-order valence-electron chi connectivity index (χ1n) is 10.4. The minimum absolute atomic E-state index is 0.0753. The maximum atomic E-state index is 13.0. The highest BCUT2D eigenvalue weighted by Crippen LogP contribution is 2.41. The monoisotopic (exact) mass is 488 g/mol. The van der Waals surface area contributed by atoms with Crippen molar-refractivity contribution in [1.29, 1.82) is 0 Å². The van der Waals surface area contributed by atoms with Crippen LogP contribution in [0.5, 0.6) is 11.5 Å². The number of hydrogen-bond acceptors (Lipinski definition) is 6. The van der Waals surface area contributed by atoms with Crippen LogP contribution in [0.15, 0.2) is 82.6 Å². The van der Waals surface area contributed by atoms with Crippen LogP contribution < -0.4 is 8.37 Å². The van der Waals surface area contributed by atoms with Crippen molar-refractivity contribution in [2.75, 3.05) is 0 Å². The van der Waals surface area contributed by atoms with Gasteiger partial charge in [-0.1, -0.05) is 60.7 Å². The standard InChI is InChI=1S/C26H16O6S2/c27-33(28)24-7-3-1-5-17(24)9-13-20-22(31-33)15-11-19-12-16-23-21(26(19)20)14-10-18-6-2-4-8-25(18)34(29,30)32-23/h1-16H/b13-9-,14-10-. The molecule has 0 bridgehead atoms. The van der Waals surface area contributed by atoms with E-state index < -0.39 is 20.2 Å². The van der Waals surface area contributed by atoms with Gasteiger partial charge in [-0.15, -0.1) is 0 Å². The zero-order valence-electron chi connectivity index (χ0n) is 17.5. The van der Waals surface area contributed by atoms with E-state index in [1.54, 1.807) is 85.0 Å². The van der Waals surface area contributed by atoms with Crippen molar-refractivity contribution >= 4 is 55.3 Å². The minimum Gasteiger partial charge on any atom is -0.378 e. The summed E-state index contributed by atoms with van der Waals surface area (Å²) in [5.74, 6) is 0.288. The summed E-state index contributed by atoms with van der Waals surface area (Å²) in [6.07, 6.45) is 6.99. The van der Waals surface area contributed by atoms with Crippen LogP contribution in [0.3, 0.4) is 0 Å². The van der Waals surface area contributed by atoms with E-state index in [0.29, 0.717) is 27.6 Å². The predicted octanol–water partition coefficient (Wildman–Crippen LogP) is 5.34. The Labute approximate surface area is 196 Å². The van der Waals surface area contributed by atoms with E-state index in [0.717, 1.165) is 5.39 Å². The van der Waals surface area contributed by atoms with E-state index in [1.165, 1.54) is 12.1 Å². The summed E-state index contributed by atoms with van der Waals surface area (Å²) in [6, 6.07) is 19.8.